The molecule has 1 aromatic carbocycles. The van der Waals surface area contributed by atoms with Crippen LogP contribution >= 0.6 is 0 Å². The molecular weight excluding hydrogens is 208 g/mol. The molecular formula is C15H22N2. The number of nitrogens with one attached hydrogen (secondary N) is 1. The van der Waals surface area contributed by atoms with Crippen LogP contribution < -0.4 is 10.2 Å². The predicted octanol–water partition coefficient (Wildman–Crippen LogP) is 2.50. The zero-order valence-electron chi connectivity index (χ0n) is 10.9. The van der Waals surface area contributed by atoms with Crippen LogP contribution in [0.25, 0.3) is 0 Å². The van der Waals surface area contributed by atoms with Gasteiger partial charge in [-0.3, -0.25) is 0 Å². The topological polar surface area (TPSA) is 15.3 Å². The molecule has 2 aliphatic rings. The molecule has 2 heteroatoms. The average Bonchev–Trinajstić information content (AvgIpc) is 2.69. The van der Waals surface area contributed by atoms with E-state index in [9.17, 15) is 0 Å². The van der Waals surface area contributed by atoms with Gasteiger partial charge in [0, 0.05) is 30.9 Å². The number of benzene rings is 1. The van der Waals surface area contributed by atoms with Gasteiger partial charge in [-0.25, -0.2) is 0 Å². The van der Waals surface area contributed by atoms with Crippen molar-refractivity contribution < 1.29 is 0 Å². The Morgan fingerprint density at radius 2 is 1.94 bits per heavy atom. The van der Waals surface area contributed by atoms with Crippen molar-refractivity contribution >= 4 is 5.69 Å². The van der Waals surface area contributed by atoms with Crippen molar-refractivity contribution in [2.24, 2.45) is 0 Å². The van der Waals surface area contributed by atoms with E-state index in [2.05, 4.69) is 42.3 Å². The van der Waals surface area contributed by atoms with Crippen LogP contribution in [0.5, 0.6) is 0 Å². The number of rotatable bonds is 2. The Bertz CT molecular complexity index is 401. The number of fused-ring (bicyclic) bond motifs is 2. The van der Waals surface area contributed by atoms with Gasteiger partial charge < -0.3 is 10.2 Å². The molecule has 2 aliphatic heterocycles. The van der Waals surface area contributed by atoms with E-state index in [4.69, 9.17) is 0 Å². The van der Waals surface area contributed by atoms with Crippen LogP contribution in [0.4, 0.5) is 5.69 Å². The van der Waals surface area contributed by atoms with Crippen LogP contribution in [0.15, 0.2) is 18.2 Å². The molecule has 2 atom stereocenters. The molecule has 92 valence electrons. The molecule has 17 heavy (non-hydrogen) atoms. The maximum atomic E-state index is 3.69. The number of hydrogen-bond donors (Lipinski definition) is 1. The second kappa shape index (κ2) is 4.34. The molecule has 2 bridgehead atoms. The van der Waals surface area contributed by atoms with Crippen molar-refractivity contribution in [3.63, 3.8) is 0 Å². The van der Waals surface area contributed by atoms with E-state index < -0.39 is 0 Å². The largest absolute Gasteiger partial charge is 0.368 e. The third-order valence-electron chi connectivity index (χ3n) is 4.30. The van der Waals surface area contributed by atoms with Gasteiger partial charge in [-0.15, -0.1) is 0 Å². The fraction of sp³-hybridized carbons (Fsp3) is 0.600. The Kier molecular flexibility index (Phi) is 2.83. The monoisotopic (exact) mass is 230 g/mol. The van der Waals surface area contributed by atoms with E-state index in [-0.39, 0.29) is 0 Å². The minimum Gasteiger partial charge on any atom is -0.368 e. The van der Waals surface area contributed by atoms with Crippen molar-refractivity contribution in [2.45, 2.75) is 45.2 Å². The molecule has 3 rings (SSSR count). The highest BCUT2D eigenvalue weighted by Gasteiger charge is 2.32. The average molecular weight is 230 g/mol. The Labute approximate surface area is 104 Å². The minimum absolute atomic E-state index is 0.722. The first kappa shape index (κ1) is 11.1. The smallest absolute Gasteiger partial charge is 0.0370 e. The summed E-state index contributed by atoms with van der Waals surface area (Å²) in [6.07, 6.45) is 3.85. The third-order valence-corrected chi connectivity index (χ3v) is 4.30. The maximum Gasteiger partial charge on any atom is 0.0370 e. The first-order valence-corrected chi connectivity index (χ1v) is 6.87. The molecule has 1 aromatic rings. The molecule has 0 aromatic heterocycles. The van der Waals surface area contributed by atoms with Crippen LogP contribution in [-0.4, -0.2) is 25.2 Å². The van der Waals surface area contributed by atoms with Gasteiger partial charge in [-0.05, 0) is 49.4 Å². The third kappa shape index (κ3) is 2.06. The highest BCUT2D eigenvalue weighted by Crippen LogP contribution is 2.26. The van der Waals surface area contributed by atoms with Gasteiger partial charge in [0.2, 0.25) is 0 Å². The van der Waals surface area contributed by atoms with E-state index in [0.717, 1.165) is 18.5 Å². The molecule has 2 nitrogen and oxygen atoms in total. The first-order chi connectivity index (χ1) is 8.26. The number of nitrogens with zero attached hydrogens (tertiary/aromatic N) is 1. The summed E-state index contributed by atoms with van der Waals surface area (Å²) in [6, 6.07) is 8.40. The second-order valence-corrected chi connectivity index (χ2v) is 5.51. The summed E-state index contributed by atoms with van der Waals surface area (Å²) in [6.45, 7) is 6.82. The maximum absolute atomic E-state index is 3.69. The summed E-state index contributed by atoms with van der Waals surface area (Å²) in [7, 11) is 0. The standard InChI is InChI=1S/C15H22N2/c1-3-12-8-15(7-4-11(12)2)17-9-13-5-6-14(10-17)16-13/h4,7-8,13-14,16H,3,5-6,9-10H2,1-2H3. The van der Waals surface area contributed by atoms with Crippen LogP contribution in [0, 0.1) is 6.92 Å². The van der Waals surface area contributed by atoms with Crippen molar-refractivity contribution in [3.8, 4) is 0 Å². The van der Waals surface area contributed by atoms with Crippen molar-refractivity contribution in [2.75, 3.05) is 18.0 Å². The summed E-state index contributed by atoms with van der Waals surface area (Å²) in [5, 5.41) is 3.69. The number of anilines is 1. The van der Waals surface area contributed by atoms with E-state index in [1.165, 1.54) is 42.7 Å². The van der Waals surface area contributed by atoms with Crippen LogP contribution in [0.2, 0.25) is 0 Å². The molecule has 2 saturated heterocycles. The van der Waals surface area contributed by atoms with E-state index >= 15 is 0 Å². The van der Waals surface area contributed by atoms with Crippen LogP contribution in [-0.2, 0) is 6.42 Å². The zero-order chi connectivity index (χ0) is 11.8. The molecule has 0 saturated carbocycles. The van der Waals surface area contributed by atoms with Crippen molar-refractivity contribution in [1.82, 2.24) is 5.32 Å². The second-order valence-electron chi connectivity index (χ2n) is 5.51. The normalized spacial score (nSPS) is 27.5. The van der Waals surface area contributed by atoms with Gasteiger partial charge in [0.15, 0.2) is 0 Å². The van der Waals surface area contributed by atoms with Crippen molar-refractivity contribution in [1.29, 1.82) is 0 Å². The molecule has 2 unspecified atom stereocenters. The van der Waals surface area contributed by atoms with E-state index in [1.54, 1.807) is 0 Å². The molecule has 2 heterocycles. The number of hydrogen-bond acceptors (Lipinski definition) is 2. The van der Waals surface area contributed by atoms with E-state index in [1.807, 2.05) is 0 Å². The Balaban J connectivity index is 1.84. The predicted molar refractivity (Wildman–Crippen MR) is 72.7 cm³/mol. The molecule has 0 spiro atoms. The van der Waals surface area contributed by atoms with Gasteiger partial charge in [0.25, 0.3) is 0 Å². The van der Waals surface area contributed by atoms with Gasteiger partial charge in [0.05, 0.1) is 0 Å². The van der Waals surface area contributed by atoms with Crippen LogP contribution in [0.3, 0.4) is 0 Å². The van der Waals surface area contributed by atoms with E-state index in [0.29, 0.717) is 0 Å². The highest BCUT2D eigenvalue weighted by molar-refractivity contribution is 5.52. The summed E-state index contributed by atoms with van der Waals surface area (Å²) in [5.74, 6) is 0. The number of piperazine rings is 1. The zero-order valence-corrected chi connectivity index (χ0v) is 10.9. The first-order valence-electron chi connectivity index (χ1n) is 6.87. The lowest BCUT2D eigenvalue weighted by atomic mass is 10.0. The SMILES string of the molecule is CCc1cc(N2CC3CCC(C2)N3)ccc1C. The molecule has 1 N–H and O–H groups in total. The van der Waals surface area contributed by atoms with Crippen LogP contribution in [0.1, 0.15) is 30.9 Å². The van der Waals surface area contributed by atoms with Gasteiger partial charge in [-0.1, -0.05) is 13.0 Å². The fourth-order valence-corrected chi connectivity index (χ4v) is 3.24. The highest BCUT2D eigenvalue weighted by atomic mass is 15.2. The molecule has 0 amide bonds. The minimum atomic E-state index is 0.722. The summed E-state index contributed by atoms with van der Waals surface area (Å²) < 4.78 is 0. The summed E-state index contributed by atoms with van der Waals surface area (Å²) in [5.41, 5.74) is 4.34. The van der Waals surface area contributed by atoms with Crippen molar-refractivity contribution in [3.05, 3.63) is 29.3 Å². The summed E-state index contributed by atoms with van der Waals surface area (Å²) in [4.78, 5) is 2.57. The molecule has 2 fully saturated rings. The Morgan fingerprint density at radius 1 is 1.24 bits per heavy atom. The van der Waals surface area contributed by atoms with Gasteiger partial charge in [0.1, 0.15) is 0 Å². The van der Waals surface area contributed by atoms with Gasteiger partial charge in [-0.2, -0.15) is 0 Å². The summed E-state index contributed by atoms with van der Waals surface area (Å²) >= 11 is 0. The Morgan fingerprint density at radius 3 is 2.59 bits per heavy atom. The fourth-order valence-electron chi connectivity index (χ4n) is 3.24. The Hall–Kier alpha value is -1.02. The lowest BCUT2D eigenvalue weighted by molar-refractivity contribution is 0.466. The lowest BCUT2D eigenvalue weighted by Crippen LogP contribution is -2.51. The lowest BCUT2D eigenvalue weighted by Gasteiger charge is -2.35. The quantitative estimate of drug-likeness (QED) is 0.840. The molecule has 0 radical (unpaired) electrons. The number of aryl methyl sites for hydroxylation is 2. The van der Waals surface area contributed by atoms with Gasteiger partial charge >= 0.3 is 0 Å². The molecule has 0 aliphatic carbocycles.